The summed E-state index contributed by atoms with van der Waals surface area (Å²) in [7, 11) is 1.51. The van der Waals surface area contributed by atoms with Crippen molar-refractivity contribution in [3.05, 3.63) is 94.5 Å². The largest absolute Gasteiger partial charge is 0.497 e. The first-order valence-electron chi connectivity index (χ1n) is 9.96. The highest BCUT2D eigenvalue weighted by molar-refractivity contribution is 6.49. The van der Waals surface area contributed by atoms with Gasteiger partial charge >= 0.3 is 5.97 Å². The van der Waals surface area contributed by atoms with Crippen LogP contribution in [0, 0.1) is 5.92 Å². The molecule has 0 spiro atoms. The lowest BCUT2D eigenvalue weighted by Gasteiger charge is -2.27. The molecule has 1 saturated heterocycles. The van der Waals surface area contributed by atoms with Crippen LogP contribution >= 0.6 is 11.6 Å². The average Bonchev–Trinajstić information content (AvgIpc) is 3.09. The number of halogens is 1. The second-order valence-electron chi connectivity index (χ2n) is 7.46. The van der Waals surface area contributed by atoms with Crippen molar-refractivity contribution in [3.63, 3.8) is 0 Å². The monoisotopic (exact) mass is 463 g/mol. The normalized spacial score (nSPS) is 17.8. The van der Waals surface area contributed by atoms with Crippen molar-refractivity contribution >= 4 is 40.7 Å². The predicted molar refractivity (Wildman–Crippen MR) is 121 cm³/mol. The number of hydrogen-bond acceptors (Lipinski definition) is 5. The molecule has 1 N–H and O–H groups in total. The SMILES string of the molecule is COc1ccc(C2C(C(=O)c3ccc(Cl)cc3)C(=O)C(=O)N2c2cccc(C(=O)O)c2)cc1. The molecule has 33 heavy (non-hydrogen) atoms. The van der Waals surface area contributed by atoms with Crippen LogP contribution in [0.1, 0.15) is 32.3 Å². The van der Waals surface area contributed by atoms with Crippen molar-refractivity contribution in [2.24, 2.45) is 5.92 Å². The lowest BCUT2D eigenvalue weighted by molar-refractivity contribution is -0.135. The molecule has 1 aliphatic heterocycles. The molecule has 3 aromatic rings. The van der Waals surface area contributed by atoms with E-state index in [9.17, 15) is 24.3 Å². The molecule has 2 unspecified atom stereocenters. The number of ether oxygens (including phenoxy) is 1. The highest BCUT2D eigenvalue weighted by Gasteiger charge is 2.52. The summed E-state index contributed by atoms with van der Waals surface area (Å²) in [6, 6.07) is 17.5. The van der Waals surface area contributed by atoms with Gasteiger partial charge in [-0.05, 0) is 60.2 Å². The van der Waals surface area contributed by atoms with Crippen molar-refractivity contribution in [1.82, 2.24) is 0 Å². The third-order valence-electron chi connectivity index (χ3n) is 5.55. The van der Waals surface area contributed by atoms with Crippen LogP contribution in [0.15, 0.2) is 72.8 Å². The second-order valence-corrected chi connectivity index (χ2v) is 7.90. The maximum absolute atomic E-state index is 13.4. The van der Waals surface area contributed by atoms with Gasteiger partial charge in [-0.25, -0.2) is 4.79 Å². The maximum Gasteiger partial charge on any atom is 0.335 e. The summed E-state index contributed by atoms with van der Waals surface area (Å²) in [4.78, 5) is 52.3. The summed E-state index contributed by atoms with van der Waals surface area (Å²) >= 11 is 5.92. The fraction of sp³-hybridized carbons (Fsp3) is 0.120. The molecule has 0 aromatic heterocycles. The Hall–Kier alpha value is -3.97. The Balaban J connectivity index is 1.86. The molecule has 1 amide bonds. The van der Waals surface area contributed by atoms with Crippen molar-refractivity contribution in [2.75, 3.05) is 12.0 Å². The summed E-state index contributed by atoms with van der Waals surface area (Å²) in [5, 5.41) is 9.80. The maximum atomic E-state index is 13.4. The standard InChI is InChI=1S/C25H18ClNO6/c1-33-19-11-7-14(8-12-19)21-20(22(28)15-5-9-17(26)10-6-15)23(29)24(30)27(21)18-4-2-3-16(13-18)25(31)32/h2-13,20-21H,1H3,(H,31,32). The van der Waals surface area contributed by atoms with Gasteiger partial charge in [0, 0.05) is 16.3 Å². The molecular weight excluding hydrogens is 446 g/mol. The quantitative estimate of drug-likeness (QED) is 0.334. The molecular formula is C25H18ClNO6. The van der Waals surface area contributed by atoms with Crippen molar-refractivity contribution < 1.29 is 29.0 Å². The number of nitrogens with zero attached hydrogens (tertiary/aromatic N) is 1. The number of amides is 1. The minimum atomic E-state index is -1.32. The lowest BCUT2D eigenvalue weighted by atomic mass is 9.86. The first-order chi connectivity index (χ1) is 15.8. The van der Waals surface area contributed by atoms with Crippen molar-refractivity contribution in [1.29, 1.82) is 0 Å². The molecule has 3 aromatic carbocycles. The highest BCUT2D eigenvalue weighted by Crippen LogP contribution is 2.41. The number of anilines is 1. The van der Waals surface area contributed by atoms with Crippen LogP contribution in [0.4, 0.5) is 5.69 Å². The Bertz CT molecular complexity index is 1250. The number of ketones is 2. The third kappa shape index (κ3) is 4.10. The number of Topliss-reactive ketones (excluding diaryl/α,β-unsaturated/α-hetero) is 2. The van der Waals surface area contributed by atoms with Gasteiger partial charge in [-0.2, -0.15) is 0 Å². The summed E-state index contributed by atoms with van der Waals surface area (Å²) < 4.78 is 5.19. The van der Waals surface area contributed by atoms with E-state index < -0.39 is 35.4 Å². The molecule has 0 bridgehead atoms. The number of carboxylic acids is 1. The van der Waals surface area contributed by atoms with Gasteiger partial charge in [-0.15, -0.1) is 0 Å². The number of carbonyl (C=O) groups is 4. The molecule has 1 fully saturated rings. The number of benzene rings is 3. The smallest absolute Gasteiger partial charge is 0.335 e. The van der Waals surface area contributed by atoms with Crippen LogP contribution < -0.4 is 9.64 Å². The van der Waals surface area contributed by atoms with E-state index in [4.69, 9.17) is 16.3 Å². The van der Waals surface area contributed by atoms with E-state index in [-0.39, 0.29) is 16.8 Å². The molecule has 0 radical (unpaired) electrons. The zero-order valence-electron chi connectivity index (χ0n) is 17.4. The zero-order valence-corrected chi connectivity index (χ0v) is 18.2. The van der Waals surface area contributed by atoms with Crippen LogP contribution in [-0.4, -0.2) is 35.7 Å². The van der Waals surface area contributed by atoms with E-state index in [0.717, 1.165) is 0 Å². The van der Waals surface area contributed by atoms with E-state index in [0.29, 0.717) is 16.3 Å². The summed E-state index contributed by atoms with van der Waals surface area (Å²) in [6.45, 7) is 0. The van der Waals surface area contributed by atoms with E-state index in [2.05, 4.69) is 0 Å². The van der Waals surface area contributed by atoms with Crippen molar-refractivity contribution in [3.8, 4) is 5.75 Å². The van der Waals surface area contributed by atoms with Crippen LogP contribution in [-0.2, 0) is 9.59 Å². The van der Waals surface area contributed by atoms with Crippen LogP contribution in [0.3, 0.4) is 0 Å². The molecule has 166 valence electrons. The van der Waals surface area contributed by atoms with Crippen LogP contribution in [0.5, 0.6) is 5.75 Å². The Labute approximate surface area is 194 Å². The summed E-state index contributed by atoms with van der Waals surface area (Å²) in [5.74, 6) is -4.20. The van der Waals surface area contributed by atoms with Gasteiger partial charge in [-0.3, -0.25) is 19.3 Å². The first kappa shape index (κ1) is 22.2. The first-order valence-corrected chi connectivity index (χ1v) is 10.3. The van der Waals surface area contributed by atoms with Gasteiger partial charge < -0.3 is 9.84 Å². The molecule has 0 aliphatic carbocycles. The predicted octanol–water partition coefficient (Wildman–Crippen LogP) is 4.20. The number of carboxylic acid groups (broad SMARTS) is 1. The molecule has 1 aliphatic rings. The highest BCUT2D eigenvalue weighted by atomic mass is 35.5. The topological polar surface area (TPSA) is 101 Å². The number of aromatic carboxylic acids is 1. The number of methoxy groups -OCH3 is 1. The Morgan fingerprint density at radius 2 is 1.61 bits per heavy atom. The minimum absolute atomic E-state index is 0.0475. The number of hydrogen-bond donors (Lipinski definition) is 1. The van der Waals surface area contributed by atoms with Gasteiger partial charge in [0.15, 0.2) is 5.78 Å². The molecule has 4 rings (SSSR count). The molecule has 8 heteroatoms. The van der Waals surface area contributed by atoms with Gasteiger partial charge in [0.2, 0.25) is 5.78 Å². The van der Waals surface area contributed by atoms with E-state index in [1.54, 1.807) is 24.3 Å². The Morgan fingerprint density at radius 3 is 2.21 bits per heavy atom. The van der Waals surface area contributed by atoms with Crippen LogP contribution in [0.2, 0.25) is 5.02 Å². The second kappa shape index (κ2) is 8.88. The van der Waals surface area contributed by atoms with Crippen molar-refractivity contribution in [2.45, 2.75) is 6.04 Å². The van der Waals surface area contributed by atoms with Gasteiger partial charge in [-0.1, -0.05) is 29.8 Å². The van der Waals surface area contributed by atoms with Gasteiger partial charge in [0.25, 0.3) is 5.91 Å². The van der Waals surface area contributed by atoms with E-state index in [1.165, 1.54) is 60.5 Å². The fourth-order valence-electron chi connectivity index (χ4n) is 3.94. The average molecular weight is 464 g/mol. The summed E-state index contributed by atoms with van der Waals surface area (Å²) in [5.41, 5.74) is 0.933. The van der Waals surface area contributed by atoms with E-state index >= 15 is 0 Å². The molecule has 0 saturated carbocycles. The fourth-order valence-corrected chi connectivity index (χ4v) is 4.06. The molecule has 1 heterocycles. The van der Waals surface area contributed by atoms with Crippen LogP contribution in [0.25, 0.3) is 0 Å². The minimum Gasteiger partial charge on any atom is -0.497 e. The Morgan fingerprint density at radius 1 is 0.939 bits per heavy atom. The number of rotatable bonds is 6. The Kier molecular flexibility index (Phi) is 5.98. The molecule has 2 atom stereocenters. The van der Waals surface area contributed by atoms with Gasteiger partial charge in [0.1, 0.15) is 11.7 Å². The summed E-state index contributed by atoms with van der Waals surface area (Å²) in [6.07, 6.45) is 0. The lowest BCUT2D eigenvalue weighted by Crippen LogP contribution is -2.30. The van der Waals surface area contributed by atoms with Gasteiger partial charge in [0.05, 0.1) is 18.7 Å². The number of carbonyl (C=O) groups excluding carboxylic acids is 3. The molecule has 7 nitrogen and oxygen atoms in total. The van der Waals surface area contributed by atoms with E-state index in [1.807, 2.05) is 0 Å². The third-order valence-corrected chi connectivity index (χ3v) is 5.80. The zero-order chi connectivity index (χ0) is 23.7.